The number of hydrogen-bond acceptors (Lipinski definition) is 6. The molecule has 0 fully saturated rings. The number of nitrogens with zero attached hydrogens (tertiary/aromatic N) is 1. The van der Waals surface area contributed by atoms with Gasteiger partial charge in [-0.3, -0.25) is 0 Å². The second-order valence-corrected chi connectivity index (χ2v) is 4.36. The van der Waals surface area contributed by atoms with Crippen molar-refractivity contribution in [3.8, 4) is 0 Å². The predicted molar refractivity (Wildman–Crippen MR) is 59.0 cm³/mol. The number of esters is 1. The molecule has 0 aromatic carbocycles. The fourth-order valence-corrected chi connectivity index (χ4v) is 1.96. The van der Waals surface area contributed by atoms with Crippen molar-refractivity contribution in [1.82, 2.24) is 4.98 Å². The van der Waals surface area contributed by atoms with Crippen molar-refractivity contribution < 1.29 is 23.4 Å². The third kappa shape index (κ3) is 3.76. The summed E-state index contributed by atoms with van der Waals surface area (Å²) in [6, 6.07) is 0. The monoisotopic (exact) mass is 286 g/mol. The van der Waals surface area contributed by atoms with E-state index in [2.05, 4.69) is 15.0 Å². The zero-order chi connectivity index (χ0) is 13.1. The van der Waals surface area contributed by atoms with Crippen LogP contribution in [0, 0.1) is 0 Å². The first-order chi connectivity index (χ1) is 7.89. The molecular formula is C8H9ClF2N2O3S. The number of methoxy groups -OCH3 is 1. The van der Waals surface area contributed by atoms with E-state index < -0.39 is 25.0 Å². The number of aliphatic hydroxyl groups excluding tert-OH is 1. The van der Waals surface area contributed by atoms with Gasteiger partial charge in [0.2, 0.25) is 0 Å². The van der Waals surface area contributed by atoms with Crippen LogP contribution in [0.25, 0.3) is 0 Å². The molecule has 0 unspecified atom stereocenters. The molecule has 0 aliphatic carbocycles. The summed E-state index contributed by atoms with van der Waals surface area (Å²) in [5.41, 5.74) is 0. The Kier molecular flexibility index (Phi) is 4.61. The molecule has 1 rings (SSSR count). The lowest BCUT2D eigenvalue weighted by Crippen LogP contribution is -2.30. The van der Waals surface area contributed by atoms with E-state index in [4.69, 9.17) is 16.7 Å². The Labute approximate surface area is 104 Å². The molecule has 1 aromatic heterocycles. The first-order valence-electron chi connectivity index (χ1n) is 4.37. The van der Waals surface area contributed by atoms with Gasteiger partial charge in [-0.15, -0.1) is 0 Å². The molecule has 0 spiro atoms. The van der Waals surface area contributed by atoms with Crippen molar-refractivity contribution in [3.05, 3.63) is 10.0 Å². The molecule has 0 radical (unpaired) electrons. The first-order valence-corrected chi connectivity index (χ1v) is 5.56. The van der Waals surface area contributed by atoms with E-state index in [1.54, 1.807) is 0 Å². The SMILES string of the molecule is COC(=O)c1sc(NCC(F)(F)CO)nc1Cl. The van der Waals surface area contributed by atoms with Crippen LogP contribution in [0.2, 0.25) is 5.15 Å². The van der Waals surface area contributed by atoms with E-state index in [0.29, 0.717) is 0 Å². The van der Waals surface area contributed by atoms with Gasteiger partial charge in [0, 0.05) is 0 Å². The number of carbonyl (C=O) groups excluding carboxylic acids is 1. The zero-order valence-electron chi connectivity index (χ0n) is 8.67. The molecular weight excluding hydrogens is 278 g/mol. The van der Waals surface area contributed by atoms with Crippen molar-refractivity contribution in [2.45, 2.75) is 5.92 Å². The molecule has 0 bridgehead atoms. The summed E-state index contributed by atoms with van der Waals surface area (Å²) in [7, 11) is 1.17. The van der Waals surface area contributed by atoms with Gasteiger partial charge < -0.3 is 15.2 Å². The highest BCUT2D eigenvalue weighted by molar-refractivity contribution is 7.18. The Balaban J connectivity index is 2.71. The molecule has 9 heteroatoms. The van der Waals surface area contributed by atoms with Crippen molar-refractivity contribution in [3.63, 3.8) is 0 Å². The number of alkyl halides is 2. The number of aromatic nitrogens is 1. The van der Waals surface area contributed by atoms with Crippen LogP contribution in [0.3, 0.4) is 0 Å². The highest BCUT2D eigenvalue weighted by atomic mass is 35.5. The van der Waals surface area contributed by atoms with E-state index >= 15 is 0 Å². The smallest absolute Gasteiger partial charge is 0.351 e. The highest BCUT2D eigenvalue weighted by Gasteiger charge is 2.28. The zero-order valence-corrected chi connectivity index (χ0v) is 10.2. The Hall–Kier alpha value is -0.990. The van der Waals surface area contributed by atoms with Crippen molar-refractivity contribution in [1.29, 1.82) is 0 Å². The van der Waals surface area contributed by atoms with Crippen molar-refractivity contribution >= 4 is 34.0 Å². The van der Waals surface area contributed by atoms with Crippen LogP contribution in [0.15, 0.2) is 0 Å². The molecule has 1 aromatic rings. The van der Waals surface area contributed by atoms with E-state index in [1.807, 2.05) is 0 Å². The summed E-state index contributed by atoms with van der Waals surface area (Å²) in [6.45, 7) is -2.07. The number of thiazole rings is 1. The van der Waals surface area contributed by atoms with Gasteiger partial charge in [0.15, 0.2) is 15.2 Å². The number of rotatable bonds is 5. The Morgan fingerprint density at radius 2 is 2.35 bits per heavy atom. The first kappa shape index (κ1) is 14.1. The number of anilines is 1. The molecule has 0 saturated carbocycles. The lowest BCUT2D eigenvalue weighted by atomic mass is 10.4. The molecule has 1 heterocycles. The quantitative estimate of drug-likeness (QED) is 0.805. The third-order valence-corrected chi connectivity index (χ3v) is 3.06. The van der Waals surface area contributed by atoms with Crippen molar-refractivity contribution in [2.75, 3.05) is 25.6 Å². The second kappa shape index (κ2) is 5.56. The van der Waals surface area contributed by atoms with Crippen LogP contribution >= 0.6 is 22.9 Å². The molecule has 5 nitrogen and oxygen atoms in total. The van der Waals surface area contributed by atoms with Gasteiger partial charge >= 0.3 is 5.97 Å². The summed E-state index contributed by atoms with van der Waals surface area (Å²) in [5, 5.41) is 10.6. The Morgan fingerprint density at radius 3 is 2.88 bits per heavy atom. The number of nitrogens with one attached hydrogen (secondary N) is 1. The summed E-state index contributed by atoms with van der Waals surface area (Å²) in [4.78, 5) is 14.9. The summed E-state index contributed by atoms with van der Waals surface area (Å²) >= 11 is 6.42. The van der Waals surface area contributed by atoms with Gasteiger partial charge in [0.25, 0.3) is 5.92 Å². The highest BCUT2D eigenvalue weighted by Crippen LogP contribution is 2.28. The second-order valence-electron chi connectivity index (χ2n) is 3.00. The number of hydrogen-bond donors (Lipinski definition) is 2. The van der Waals surface area contributed by atoms with Crippen LogP contribution in [-0.2, 0) is 4.74 Å². The topological polar surface area (TPSA) is 71.5 Å². The number of aliphatic hydroxyl groups is 1. The van der Waals surface area contributed by atoms with Crippen LogP contribution in [0.1, 0.15) is 9.67 Å². The van der Waals surface area contributed by atoms with Crippen molar-refractivity contribution in [2.24, 2.45) is 0 Å². The van der Waals surface area contributed by atoms with Crippen LogP contribution in [0.5, 0.6) is 0 Å². The van der Waals surface area contributed by atoms with Gasteiger partial charge in [0.1, 0.15) is 6.61 Å². The van der Waals surface area contributed by atoms with Crippen LogP contribution < -0.4 is 5.32 Å². The minimum atomic E-state index is -3.26. The Bertz CT molecular complexity index is 413. The van der Waals surface area contributed by atoms with Crippen LogP contribution in [-0.4, -0.2) is 42.2 Å². The Morgan fingerprint density at radius 1 is 1.71 bits per heavy atom. The molecule has 96 valence electrons. The molecule has 0 atom stereocenters. The summed E-state index contributed by atoms with van der Waals surface area (Å²) in [6.07, 6.45) is 0. The molecule has 0 aliphatic rings. The van der Waals surface area contributed by atoms with Gasteiger partial charge in [-0.1, -0.05) is 22.9 Å². The fraction of sp³-hybridized carbons (Fsp3) is 0.500. The average molecular weight is 287 g/mol. The minimum Gasteiger partial charge on any atom is -0.465 e. The van der Waals surface area contributed by atoms with Gasteiger partial charge in [-0.25, -0.2) is 18.6 Å². The molecule has 17 heavy (non-hydrogen) atoms. The van der Waals surface area contributed by atoms with E-state index in [-0.39, 0.29) is 15.2 Å². The van der Waals surface area contributed by atoms with E-state index in [1.165, 1.54) is 7.11 Å². The number of carbonyl (C=O) groups is 1. The van der Waals surface area contributed by atoms with Gasteiger partial charge in [-0.05, 0) is 0 Å². The predicted octanol–water partition coefficient (Wildman–Crippen LogP) is 1.62. The largest absolute Gasteiger partial charge is 0.465 e. The maximum atomic E-state index is 12.7. The molecule has 0 saturated heterocycles. The normalized spacial score (nSPS) is 11.4. The molecule has 0 amide bonds. The summed E-state index contributed by atoms with van der Waals surface area (Å²) < 4.78 is 29.8. The van der Waals surface area contributed by atoms with Crippen LogP contribution in [0.4, 0.5) is 13.9 Å². The number of ether oxygens (including phenoxy) is 1. The van der Waals surface area contributed by atoms with Gasteiger partial charge in [-0.2, -0.15) is 0 Å². The standard InChI is InChI=1S/C8H9ClF2N2O3S/c1-16-6(15)4-5(9)13-7(17-4)12-2-8(10,11)3-14/h14H,2-3H2,1H3,(H,12,13). The van der Waals surface area contributed by atoms with Gasteiger partial charge in [0.05, 0.1) is 13.7 Å². The number of halogens is 3. The maximum absolute atomic E-state index is 12.7. The third-order valence-electron chi connectivity index (χ3n) is 1.69. The maximum Gasteiger partial charge on any atom is 0.351 e. The minimum absolute atomic E-state index is 0.0315. The average Bonchev–Trinajstić information content (AvgIpc) is 2.67. The lowest BCUT2D eigenvalue weighted by Gasteiger charge is -2.12. The van der Waals surface area contributed by atoms with E-state index in [9.17, 15) is 13.6 Å². The molecule has 2 N–H and O–H groups in total. The molecule has 0 aliphatic heterocycles. The lowest BCUT2D eigenvalue weighted by molar-refractivity contribution is -0.0372. The van der Waals surface area contributed by atoms with E-state index in [0.717, 1.165) is 11.3 Å². The fourth-order valence-electron chi connectivity index (χ4n) is 0.857. The summed E-state index contributed by atoms with van der Waals surface area (Å²) in [5.74, 6) is -3.95.